The van der Waals surface area contributed by atoms with E-state index in [9.17, 15) is 4.79 Å². The summed E-state index contributed by atoms with van der Waals surface area (Å²) in [6.07, 6.45) is 0.982. The first-order valence-corrected chi connectivity index (χ1v) is 8.36. The largest absolute Gasteiger partial charge is 0.353 e. The van der Waals surface area contributed by atoms with Gasteiger partial charge in [0.15, 0.2) is 0 Å². The fourth-order valence-corrected chi connectivity index (χ4v) is 2.80. The van der Waals surface area contributed by atoms with Crippen LogP contribution in [0, 0.1) is 6.92 Å². The van der Waals surface area contributed by atoms with E-state index in [1.54, 1.807) is 0 Å². The van der Waals surface area contributed by atoms with Crippen LogP contribution in [0.4, 0.5) is 0 Å². The van der Waals surface area contributed by atoms with Crippen molar-refractivity contribution in [1.82, 2.24) is 15.1 Å². The molecule has 1 aromatic carbocycles. The minimum Gasteiger partial charge on any atom is -0.353 e. The molecule has 1 heterocycles. The highest BCUT2D eigenvalue weighted by atomic mass is 16.2. The summed E-state index contributed by atoms with van der Waals surface area (Å²) in [5, 5.41) is 3.04. The molecule has 1 saturated heterocycles. The molecule has 4 heteroatoms. The zero-order valence-electron chi connectivity index (χ0n) is 14.1. The highest BCUT2D eigenvalue weighted by molar-refractivity contribution is 5.78. The molecule has 4 nitrogen and oxygen atoms in total. The van der Waals surface area contributed by atoms with Crippen LogP contribution in [0.15, 0.2) is 24.3 Å². The number of nitrogens with one attached hydrogen (secondary N) is 1. The minimum absolute atomic E-state index is 0.154. The maximum atomic E-state index is 11.9. The zero-order valence-corrected chi connectivity index (χ0v) is 14.1. The van der Waals surface area contributed by atoms with Gasteiger partial charge < -0.3 is 5.32 Å². The number of amides is 1. The Kier molecular flexibility index (Phi) is 6.40. The van der Waals surface area contributed by atoms with Gasteiger partial charge in [0.05, 0.1) is 6.54 Å². The van der Waals surface area contributed by atoms with Crippen molar-refractivity contribution < 1.29 is 4.79 Å². The van der Waals surface area contributed by atoms with Crippen LogP contribution in [0.25, 0.3) is 0 Å². The average molecular weight is 303 g/mol. The number of carbonyl (C=O) groups is 1. The Labute approximate surface area is 134 Å². The smallest absolute Gasteiger partial charge is 0.234 e. The molecule has 1 atom stereocenters. The van der Waals surface area contributed by atoms with Crippen molar-refractivity contribution in [2.45, 2.75) is 39.8 Å². The van der Waals surface area contributed by atoms with Crippen molar-refractivity contribution in [3.63, 3.8) is 0 Å². The lowest BCUT2D eigenvalue weighted by atomic mass is 10.1. The first kappa shape index (κ1) is 17.0. The summed E-state index contributed by atoms with van der Waals surface area (Å²) in [6, 6.07) is 8.98. The van der Waals surface area contributed by atoms with E-state index < -0.39 is 0 Å². The van der Waals surface area contributed by atoms with Gasteiger partial charge in [-0.3, -0.25) is 14.6 Å². The fraction of sp³-hybridized carbons (Fsp3) is 0.611. The number of hydrogen-bond acceptors (Lipinski definition) is 3. The molecule has 0 radical (unpaired) electrons. The van der Waals surface area contributed by atoms with Crippen LogP contribution in [-0.4, -0.2) is 54.5 Å². The minimum atomic E-state index is 0.154. The van der Waals surface area contributed by atoms with Crippen molar-refractivity contribution in [3.8, 4) is 0 Å². The summed E-state index contributed by atoms with van der Waals surface area (Å²) in [4.78, 5) is 16.6. The van der Waals surface area contributed by atoms with Gasteiger partial charge in [0.1, 0.15) is 0 Å². The monoisotopic (exact) mass is 303 g/mol. The molecule has 1 N–H and O–H groups in total. The van der Waals surface area contributed by atoms with E-state index in [4.69, 9.17) is 0 Å². The molecule has 0 bridgehead atoms. The van der Waals surface area contributed by atoms with Gasteiger partial charge in [0, 0.05) is 38.8 Å². The van der Waals surface area contributed by atoms with E-state index >= 15 is 0 Å². The Hall–Kier alpha value is -1.39. The van der Waals surface area contributed by atoms with Crippen molar-refractivity contribution in [2.24, 2.45) is 0 Å². The van der Waals surface area contributed by atoms with Crippen LogP contribution in [0.1, 0.15) is 31.4 Å². The highest BCUT2D eigenvalue weighted by Gasteiger charge is 2.19. The topological polar surface area (TPSA) is 35.6 Å². The summed E-state index contributed by atoms with van der Waals surface area (Å²) >= 11 is 0. The first-order chi connectivity index (χ1) is 10.6. The third-order valence-corrected chi connectivity index (χ3v) is 4.34. The molecule has 0 saturated carbocycles. The average Bonchev–Trinajstić information content (AvgIpc) is 2.49. The Balaban J connectivity index is 1.72. The van der Waals surface area contributed by atoms with Gasteiger partial charge in [-0.15, -0.1) is 0 Å². The van der Waals surface area contributed by atoms with E-state index in [0.29, 0.717) is 6.54 Å². The summed E-state index contributed by atoms with van der Waals surface area (Å²) < 4.78 is 0. The Bertz CT molecular complexity index is 481. The molecule has 1 fully saturated rings. The summed E-state index contributed by atoms with van der Waals surface area (Å²) in [5.41, 5.74) is 2.70. The molecule has 0 unspecified atom stereocenters. The maximum absolute atomic E-state index is 11.9. The molecule has 0 aliphatic carbocycles. The Morgan fingerprint density at radius 3 is 2.55 bits per heavy atom. The quantitative estimate of drug-likeness (QED) is 0.873. The van der Waals surface area contributed by atoms with E-state index in [2.05, 4.69) is 60.2 Å². The van der Waals surface area contributed by atoms with Crippen molar-refractivity contribution >= 4 is 5.91 Å². The molecule has 1 aromatic rings. The molecule has 2 rings (SSSR count). The van der Waals surface area contributed by atoms with Gasteiger partial charge >= 0.3 is 0 Å². The number of benzene rings is 1. The Morgan fingerprint density at radius 1 is 1.23 bits per heavy atom. The Morgan fingerprint density at radius 2 is 1.91 bits per heavy atom. The van der Waals surface area contributed by atoms with E-state index in [1.807, 2.05) is 0 Å². The molecule has 0 spiro atoms. The van der Waals surface area contributed by atoms with Crippen molar-refractivity contribution in [3.05, 3.63) is 35.4 Å². The molecule has 1 aliphatic heterocycles. The van der Waals surface area contributed by atoms with Gasteiger partial charge in [0.25, 0.3) is 0 Å². The van der Waals surface area contributed by atoms with Gasteiger partial charge in [0.2, 0.25) is 5.91 Å². The molecular formula is C18H29N3O. The lowest BCUT2D eigenvalue weighted by Gasteiger charge is -2.34. The standard InChI is InChI=1S/C18H29N3O/c1-4-16(3)19-18(22)14-21-10-8-20(9-11-21)13-17-7-5-6-15(2)12-17/h5-7,12,16H,4,8-11,13-14H2,1-3H3,(H,19,22)/t16-/m1/s1. The van der Waals surface area contributed by atoms with Crippen LogP contribution < -0.4 is 5.32 Å². The zero-order chi connectivity index (χ0) is 15.9. The van der Waals surface area contributed by atoms with Crippen LogP contribution in [0.2, 0.25) is 0 Å². The van der Waals surface area contributed by atoms with Crippen LogP contribution >= 0.6 is 0 Å². The second kappa shape index (κ2) is 8.30. The van der Waals surface area contributed by atoms with Crippen LogP contribution in [0.5, 0.6) is 0 Å². The molecular weight excluding hydrogens is 274 g/mol. The predicted octanol–water partition coefficient (Wildman–Crippen LogP) is 2.03. The first-order valence-electron chi connectivity index (χ1n) is 8.36. The normalized spacial score (nSPS) is 18.1. The maximum Gasteiger partial charge on any atom is 0.234 e. The van der Waals surface area contributed by atoms with Gasteiger partial charge in [-0.2, -0.15) is 0 Å². The summed E-state index contributed by atoms with van der Waals surface area (Å²) in [5.74, 6) is 0.154. The lowest BCUT2D eigenvalue weighted by Crippen LogP contribution is -2.49. The molecule has 1 amide bonds. The molecule has 0 aromatic heterocycles. The number of rotatable bonds is 6. The van der Waals surface area contributed by atoms with Crippen molar-refractivity contribution in [2.75, 3.05) is 32.7 Å². The van der Waals surface area contributed by atoms with Gasteiger partial charge in [-0.25, -0.2) is 0 Å². The lowest BCUT2D eigenvalue weighted by molar-refractivity contribution is -0.123. The summed E-state index contributed by atoms with van der Waals surface area (Å²) in [7, 11) is 0. The number of nitrogens with zero attached hydrogens (tertiary/aromatic N) is 2. The van der Waals surface area contributed by atoms with Gasteiger partial charge in [-0.1, -0.05) is 36.8 Å². The molecule has 22 heavy (non-hydrogen) atoms. The fourth-order valence-electron chi connectivity index (χ4n) is 2.80. The second-order valence-electron chi connectivity index (χ2n) is 6.42. The van der Waals surface area contributed by atoms with E-state index in [1.165, 1.54) is 11.1 Å². The third-order valence-electron chi connectivity index (χ3n) is 4.34. The van der Waals surface area contributed by atoms with Gasteiger partial charge in [-0.05, 0) is 25.8 Å². The second-order valence-corrected chi connectivity index (χ2v) is 6.42. The molecule has 122 valence electrons. The van der Waals surface area contributed by atoms with E-state index in [0.717, 1.165) is 39.1 Å². The predicted molar refractivity (Wildman–Crippen MR) is 90.8 cm³/mol. The van der Waals surface area contributed by atoms with Crippen LogP contribution in [0.3, 0.4) is 0 Å². The van der Waals surface area contributed by atoms with E-state index in [-0.39, 0.29) is 11.9 Å². The number of carbonyl (C=O) groups excluding carboxylic acids is 1. The van der Waals surface area contributed by atoms with Crippen LogP contribution in [-0.2, 0) is 11.3 Å². The SMILES string of the molecule is CC[C@@H](C)NC(=O)CN1CCN(Cc2cccc(C)c2)CC1. The van der Waals surface area contributed by atoms with Crippen molar-refractivity contribution in [1.29, 1.82) is 0 Å². The third kappa shape index (κ3) is 5.43. The number of piperazine rings is 1. The highest BCUT2D eigenvalue weighted by Crippen LogP contribution is 2.10. The number of hydrogen-bond donors (Lipinski definition) is 1. The summed E-state index contributed by atoms with van der Waals surface area (Å²) in [6.45, 7) is 11.8. The number of aryl methyl sites for hydroxylation is 1. The molecule has 1 aliphatic rings.